The second-order valence-corrected chi connectivity index (χ2v) is 5.51. The van der Waals surface area contributed by atoms with E-state index in [0.29, 0.717) is 0 Å². The average Bonchev–Trinajstić information content (AvgIpc) is 2.78. The molecule has 1 aromatic carbocycles. The predicted octanol–water partition coefficient (Wildman–Crippen LogP) is 4.12. The molecule has 1 aromatic heterocycles. The van der Waals surface area contributed by atoms with E-state index in [1.807, 2.05) is 31.3 Å². The number of hydrogen-bond acceptors (Lipinski definition) is 3. The fraction of sp³-hybridized carbons (Fsp3) is 0.231. The number of ether oxygens (including phenoxy) is 1. The predicted molar refractivity (Wildman–Crippen MR) is 78.0 cm³/mol. The summed E-state index contributed by atoms with van der Waals surface area (Å²) < 4.78 is 12.9. The highest BCUT2D eigenvalue weighted by molar-refractivity contribution is 9.10. The van der Waals surface area contributed by atoms with Crippen molar-refractivity contribution in [2.24, 2.45) is 0 Å². The molecule has 3 nitrogen and oxygen atoms in total. The number of rotatable bonds is 4. The number of hydrogen-bond donors (Lipinski definition) is 1. The first kappa shape index (κ1) is 13.6. The molecule has 0 aliphatic heterocycles. The summed E-state index contributed by atoms with van der Waals surface area (Å²) in [6.45, 7) is 0. The van der Waals surface area contributed by atoms with E-state index in [-0.39, 0.29) is 6.04 Å². The SMILES string of the molecule is CNC(c1ccc(Br)cc1OC)c1occc1Br. The van der Waals surface area contributed by atoms with Crippen molar-refractivity contribution in [3.05, 3.63) is 50.8 Å². The van der Waals surface area contributed by atoms with Gasteiger partial charge in [0.2, 0.25) is 0 Å². The first-order valence-corrected chi connectivity index (χ1v) is 6.99. The van der Waals surface area contributed by atoms with Crippen molar-refractivity contribution in [2.75, 3.05) is 14.2 Å². The lowest BCUT2D eigenvalue weighted by Crippen LogP contribution is -2.18. The van der Waals surface area contributed by atoms with Crippen LogP contribution in [0.15, 0.2) is 43.9 Å². The molecule has 0 spiro atoms. The van der Waals surface area contributed by atoms with Crippen LogP contribution in [0.1, 0.15) is 17.4 Å². The summed E-state index contributed by atoms with van der Waals surface area (Å²) in [4.78, 5) is 0. The molecule has 0 saturated heterocycles. The van der Waals surface area contributed by atoms with E-state index < -0.39 is 0 Å². The second kappa shape index (κ2) is 5.91. The number of halogens is 2. The van der Waals surface area contributed by atoms with E-state index in [2.05, 4.69) is 37.2 Å². The maximum Gasteiger partial charge on any atom is 0.139 e. The Labute approximate surface area is 123 Å². The van der Waals surface area contributed by atoms with E-state index >= 15 is 0 Å². The van der Waals surface area contributed by atoms with Gasteiger partial charge in [-0.15, -0.1) is 0 Å². The molecule has 5 heteroatoms. The standard InChI is InChI=1S/C13H13Br2NO2/c1-16-12(13-10(15)5-6-18-13)9-4-3-8(14)7-11(9)17-2/h3-7,12,16H,1-2H3. The Balaban J connectivity index is 2.48. The molecule has 2 aromatic rings. The van der Waals surface area contributed by atoms with Crippen LogP contribution in [0, 0.1) is 0 Å². The first-order valence-electron chi connectivity index (χ1n) is 5.41. The van der Waals surface area contributed by atoms with Crippen molar-refractivity contribution >= 4 is 31.9 Å². The van der Waals surface area contributed by atoms with Crippen molar-refractivity contribution in [1.82, 2.24) is 5.32 Å². The first-order chi connectivity index (χ1) is 8.67. The minimum Gasteiger partial charge on any atom is -0.496 e. The van der Waals surface area contributed by atoms with Gasteiger partial charge in [-0.3, -0.25) is 0 Å². The Morgan fingerprint density at radius 1 is 1.28 bits per heavy atom. The van der Waals surface area contributed by atoms with Gasteiger partial charge in [-0.05, 0) is 41.2 Å². The van der Waals surface area contributed by atoms with Gasteiger partial charge >= 0.3 is 0 Å². The monoisotopic (exact) mass is 373 g/mol. The lowest BCUT2D eigenvalue weighted by Gasteiger charge is -2.18. The van der Waals surface area contributed by atoms with Gasteiger partial charge in [-0.1, -0.05) is 22.0 Å². The Kier molecular flexibility index (Phi) is 4.48. The average molecular weight is 375 g/mol. The van der Waals surface area contributed by atoms with Gasteiger partial charge in [-0.25, -0.2) is 0 Å². The Morgan fingerprint density at radius 3 is 2.61 bits per heavy atom. The van der Waals surface area contributed by atoms with Crippen LogP contribution in [0.25, 0.3) is 0 Å². The van der Waals surface area contributed by atoms with Crippen molar-refractivity contribution in [1.29, 1.82) is 0 Å². The molecule has 18 heavy (non-hydrogen) atoms. The third-order valence-electron chi connectivity index (χ3n) is 2.70. The molecule has 0 aliphatic carbocycles. The molecule has 0 bridgehead atoms. The second-order valence-electron chi connectivity index (χ2n) is 3.74. The van der Waals surface area contributed by atoms with Gasteiger partial charge in [-0.2, -0.15) is 0 Å². The van der Waals surface area contributed by atoms with Gasteiger partial charge in [0.25, 0.3) is 0 Å². The van der Waals surface area contributed by atoms with E-state index in [1.54, 1.807) is 13.4 Å². The molecule has 0 radical (unpaired) electrons. The van der Waals surface area contributed by atoms with Crippen LogP contribution in [0.3, 0.4) is 0 Å². The molecule has 0 amide bonds. The number of benzene rings is 1. The summed E-state index contributed by atoms with van der Waals surface area (Å²) in [6.07, 6.45) is 1.66. The highest BCUT2D eigenvalue weighted by atomic mass is 79.9. The Hall–Kier alpha value is -0.780. The smallest absolute Gasteiger partial charge is 0.139 e. The molecular formula is C13H13Br2NO2. The van der Waals surface area contributed by atoms with Gasteiger partial charge < -0.3 is 14.5 Å². The van der Waals surface area contributed by atoms with Crippen LogP contribution in [0.2, 0.25) is 0 Å². The van der Waals surface area contributed by atoms with E-state index in [9.17, 15) is 0 Å². The Morgan fingerprint density at radius 2 is 2.06 bits per heavy atom. The summed E-state index contributed by atoms with van der Waals surface area (Å²) in [5, 5.41) is 3.24. The summed E-state index contributed by atoms with van der Waals surface area (Å²) >= 11 is 6.92. The van der Waals surface area contributed by atoms with Gasteiger partial charge in [0.05, 0.1) is 23.9 Å². The van der Waals surface area contributed by atoms with Crippen LogP contribution in [0.5, 0.6) is 5.75 Å². The highest BCUT2D eigenvalue weighted by Gasteiger charge is 2.21. The van der Waals surface area contributed by atoms with E-state index in [0.717, 1.165) is 26.0 Å². The maximum absolute atomic E-state index is 5.52. The van der Waals surface area contributed by atoms with Crippen LogP contribution < -0.4 is 10.1 Å². The van der Waals surface area contributed by atoms with E-state index in [1.165, 1.54) is 0 Å². The third kappa shape index (κ3) is 2.63. The van der Waals surface area contributed by atoms with Crippen molar-refractivity contribution in [2.45, 2.75) is 6.04 Å². The number of methoxy groups -OCH3 is 1. The van der Waals surface area contributed by atoms with Crippen LogP contribution in [-0.4, -0.2) is 14.2 Å². The minimum absolute atomic E-state index is 0.0579. The molecule has 0 aliphatic rings. The molecule has 0 fully saturated rings. The van der Waals surface area contributed by atoms with Crippen LogP contribution in [-0.2, 0) is 0 Å². The lowest BCUT2D eigenvalue weighted by molar-refractivity contribution is 0.396. The zero-order valence-corrected chi connectivity index (χ0v) is 13.2. The van der Waals surface area contributed by atoms with Crippen molar-refractivity contribution < 1.29 is 9.15 Å². The van der Waals surface area contributed by atoms with E-state index in [4.69, 9.17) is 9.15 Å². The lowest BCUT2D eigenvalue weighted by atomic mass is 10.0. The topological polar surface area (TPSA) is 34.4 Å². The van der Waals surface area contributed by atoms with Crippen LogP contribution in [0.4, 0.5) is 0 Å². The van der Waals surface area contributed by atoms with Gasteiger partial charge in [0.15, 0.2) is 0 Å². The molecule has 1 unspecified atom stereocenters. The third-order valence-corrected chi connectivity index (χ3v) is 3.85. The molecule has 1 heterocycles. The summed E-state index contributed by atoms with van der Waals surface area (Å²) in [5.74, 6) is 1.64. The molecule has 96 valence electrons. The zero-order chi connectivity index (χ0) is 13.1. The quantitative estimate of drug-likeness (QED) is 0.873. The molecule has 1 N–H and O–H groups in total. The fourth-order valence-electron chi connectivity index (χ4n) is 1.86. The summed E-state index contributed by atoms with van der Waals surface area (Å²) in [6, 6.07) is 7.76. The molecule has 1 atom stereocenters. The number of furan rings is 1. The summed E-state index contributed by atoms with van der Waals surface area (Å²) in [7, 11) is 3.55. The zero-order valence-electron chi connectivity index (χ0n) is 10.0. The molecular weight excluding hydrogens is 362 g/mol. The van der Waals surface area contributed by atoms with Crippen LogP contribution >= 0.6 is 31.9 Å². The fourth-order valence-corrected chi connectivity index (χ4v) is 2.63. The number of nitrogens with one attached hydrogen (secondary N) is 1. The molecule has 2 rings (SSSR count). The maximum atomic E-state index is 5.52. The minimum atomic E-state index is -0.0579. The molecule has 0 saturated carbocycles. The van der Waals surface area contributed by atoms with Gasteiger partial charge in [0.1, 0.15) is 11.5 Å². The van der Waals surface area contributed by atoms with Crippen molar-refractivity contribution in [3.63, 3.8) is 0 Å². The highest BCUT2D eigenvalue weighted by Crippen LogP contribution is 2.35. The summed E-state index contributed by atoms with van der Waals surface area (Å²) in [5.41, 5.74) is 1.03. The normalized spacial score (nSPS) is 12.4. The largest absolute Gasteiger partial charge is 0.496 e. The Bertz CT molecular complexity index is 540. The van der Waals surface area contributed by atoms with Gasteiger partial charge in [0, 0.05) is 10.0 Å². The van der Waals surface area contributed by atoms with Crippen molar-refractivity contribution in [3.8, 4) is 5.75 Å².